The van der Waals surface area contributed by atoms with E-state index in [1.54, 1.807) is 36.4 Å². The van der Waals surface area contributed by atoms with E-state index in [1.165, 1.54) is 0 Å². The van der Waals surface area contributed by atoms with Gasteiger partial charge in [0.25, 0.3) is 0 Å². The summed E-state index contributed by atoms with van der Waals surface area (Å²) in [5, 5.41) is 0. The second-order valence-electron chi connectivity index (χ2n) is 9.59. The summed E-state index contributed by atoms with van der Waals surface area (Å²) in [4.78, 5) is 25.6. The molecule has 0 bridgehead atoms. The first-order chi connectivity index (χ1) is 15.2. The van der Waals surface area contributed by atoms with Gasteiger partial charge in [-0.2, -0.15) is 0 Å². The number of fused-ring (bicyclic) bond motifs is 1. The van der Waals surface area contributed by atoms with Gasteiger partial charge in [-0.25, -0.2) is 9.59 Å². The van der Waals surface area contributed by atoms with Gasteiger partial charge in [0.2, 0.25) is 0 Å². The zero-order chi connectivity index (χ0) is 22.9. The van der Waals surface area contributed by atoms with E-state index in [0.717, 1.165) is 24.0 Å². The van der Waals surface area contributed by atoms with Gasteiger partial charge in [0.15, 0.2) is 0 Å². The molecule has 0 aliphatic heterocycles. The Morgan fingerprint density at radius 1 is 0.594 bits per heavy atom. The second kappa shape index (κ2) is 8.27. The second-order valence-corrected chi connectivity index (χ2v) is 9.59. The molecule has 164 valence electrons. The van der Waals surface area contributed by atoms with Crippen molar-refractivity contribution in [2.45, 2.75) is 51.4 Å². The molecule has 0 heterocycles. The predicted molar refractivity (Wildman–Crippen MR) is 125 cm³/mol. The number of esters is 2. The zero-order valence-corrected chi connectivity index (χ0v) is 19.0. The molecule has 4 heteroatoms. The fourth-order valence-corrected chi connectivity index (χ4v) is 4.42. The normalized spacial score (nSPS) is 16.0. The van der Waals surface area contributed by atoms with Crippen LogP contribution in [0.25, 0.3) is 0 Å². The third-order valence-electron chi connectivity index (χ3n) is 6.28. The van der Waals surface area contributed by atoms with Gasteiger partial charge in [-0.05, 0) is 60.1 Å². The Labute approximate surface area is 189 Å². The van der Waals surface area contributed by atoms with Crippen LogP contribution in [0.3, 0.4) is 0 Å². The summed E-state index contributed by atoms with van der Waals surface area (Å²) in [5.41, 5.74) is 2.36. The molecular weight excluding hydrogens is 400 g/mol. The van der Waals surface area contributed by atoms with Crippen molar-refractivity contribution in [2.75, 3.05) is 0 Å². The molecule has 0 atom stereocenters. The smallest absolute Gasteiger partial charge is 0.343 e. The molecule has 0 saturated carbocycles. The van der Waals surface area contributed by atoms with E-state index in [-0.39, 0.29) is 10.8 Å². The first-order valence-corrected chi connectivity index (χ1v) is 10.9. The zero-order valence-electron chi connectivity index (χ0n) is 19.0. The third-order valence-corrected chi connectivity index (χ3v) is 6.28. The van der Waals surface area contributed by atoms with Crippen molar-refractivity contribution in [1.29, 1.82) is 0 Å². The van der Waals surface area contributed by atoms with Crippen LogP contribution in [-0.2, 0) is 10.8 Å². The highest BCUT2D eigenvalue weighted by atomic mass is 16.5. The van der Waals surface area contributed by atoms with Crippen LogP contribution in [0, 0.1) is 0 Å². The van der Waals surface area contributed by atoms with Crippen molar-refractivity contribution < 1.29 is 19.1 Å². The van der Waals surface area contributed by atoms with Crippen molar-refractivity contribution in [3.8, 4) is 11.5 Å². The fraction of sp³-hybridized carbons (Fsp3) is 0.286. The summed E-state index contributed by atoms with van der Waals surface area (Å²) < 4.78 is 11.8. The summed E-state index contributed by atoms with van der Waals surface area (Å²) in [5.74, 6) is 0.235. The maximum absolute atomic E-state index is 12.8. The SMILES string of the molecule is CC1(C)CCC(C)(C)c2c(OC(=O)c3ccccc3)ccc(OC(=O)c3ccccc3)c21. The van der Waals surface area contributed by atoms with Crippen LogP contribution >= 0.6 is 0 Å². The Morgan fingerprint density at radius 3 is 1.28 bits per heavy atom. The van der Waals surface area contributed by atoms with Crippen LogP contribution in [0.1, 0.15) is 72.4 Å². The maximum atomic E-state index is 12.8. The fourth-order valence-electron chi connectivity index (χ4n) is 4.42. The molecule has 0 aromatic heterocycles. The minimum absolute atomic E-state index is 0.244. The highest BCUT2D eigenvalue weighted by molar-refractivity contribution is 5.92. The lowest BCUT2D eigenvalue weighted by Crippen LogP contribution is -2.35. The van der Waals surface area contributed by atoms with E-state index < -0.39 is 11.9 Å². The Balaban J connectivity index is 1.79. The highest BCUT2D eigenvalue weighted by Crippen LogP contribution is 2.53. The topological polar surface area (TPSA) is 52.6 Å². The van der Waals surface area contributed by atoms with E-state index >= 15 is 0 Å². The van der Waals surface area contributed by atoms with Gasteiger partial charge in [-0.1, -0.05) is 64.1 Å². The molecular formula is C28H28O4. The monoisotopic (exact) mass is 428 g/mol. The molecule has 0 unspecified atom stereocenters. The van der Waals surface area contributed by atoms with Crippen LogP contribution in [0.15, 0.2) is 72.8 Å². The Bertz CT molecular complexity index is 1050. The standard InChI is InChI=1S/C28H28O4/c1-27(2)17-18-28(3,4)24-22(32-26(30)20-13-9-6-10-14-20)16-15-21(23(24)27)31-25(29)19-11-7-5-8-12-19/h5-16H,17-18H2,1-4H3. The summed E-state index contributed by atoms with van der Waals surface area (Å²) in [6.45, 7) is 8.57. The first kappa shape index (κ1) is 21.8. The molecule has 3 aromatic carbocycles. The highest BCUT2D eigenvalue weighted by Gasteiger charge is 2.42. The average Bonchev–Trinajstić information content (AvgIpc) is 2.79. The minimum Gasteiger partial charge on any atom is -0.423 e. The van der Waals surface area contributed by atoms with Gasteiger partial charge < -0.3 is 9.47 Å². The van der Waals surface area contributed by atoms with E-state index in [0.29, 0.717) is 22.6 Å². The van der Waals surface area contributed by atoms with E-state index in [2.05, 4.69) is 27.7 Å². The molecule has 0 N–H and O–H groups in total. The number of ether oxygens (including phenoxy) is 2. The summed E-state index contributed by atoms with van der Waals surface area (Å²) >= 11 is 0. The quantitative estimate of drug-likeness (QED) is 0.353. The molecule has 4 rings (SSSR count). The molecule has 0 spiro atoms. The maximum Gasteiger partial charge on any atom is 0.343 e. The van der Waals surface area contributed by atoms with Crippen molar-refractivity contribution in [2.24, 2.45) is 0 Å². The molecule has 32 heavy (non-hydrogen) atoms. The summed E-state index contributed by atoms with van der Waals surface area (Å²) in [7, 11) is 0. The number of benzene rings is 3. The summed E-state index contributed by atoms with van der Waals surface area (Å²) in [6, 6.07) is 21.4. The molecule has 0 fully saturated rings. The summed E-state index contributed by atoms with van der Waals surface area (Å²) in [6.07, 6.45) is 1.86. The molecule has 1 aliphatic rings. The van der Waals surface area contributed by atoms with Gasteiger partial charge in [-0.15, -0.1) is 0 Å². The van der Waals surface area contributed by atoms with Gasteiger partial charge in [0, 0.05) is 11.1 Å². The molecule has 0 saturated heterocycles. The molecule has 3 aromatic rings. The number of carbonyl (C=O) groups is 2. The van der Waals surface area contributed by atoms with Crippen molar-refractivity contribution >= 4 is 11.9 Å². The lowest BCUT2D eigenvalue weighted by molar-refractivity contribution is 0.0710. The average molecular weight is 429 g/mol. The predicted octanol–water partition coefficient (Wildman–Crippen LogP) is 6.47. The lowest BCUT2D eigenvalue weighted by atomic mass is 9.62. The van der Waals surface area contributed by atoms with Gasteiger partial charge >= 0.3 is 11.9 Å². The molecule has 0 amide bonds. The van der Waals surface area contributed by atoms with Crippen molar-refractivity contribution in [3.05, 3.63) is 95.1 Å². The Kier molecular flexibility index (Phi) is 5.64. The van der Waals surface area contributed by atoms with Crippen LogP contribution in [-0.4, -0.2) is 11.9 Å². The lowest BCUT2D eigenvalue weighted by Gasteiger charge is -2.43. The van der Waals surface area contributed by atoms with Crippen LogP contribution in [0.5, 0.6) is 11.5 Å². The molecule has 1 aliphatic carbocycles. The van der Waals surface area contributed by atoms with Crippen LogP contribution in [0.4, 0.5) is 0 Å². The minimum atomic E-state index is -0.402. The third kappa shape index (κ3) is 4.18. The van der Waals surface area contributed by atoms with Crippen molar-refractivity contribution in [1.82, 2.24) is 0 Å². The number of hydrogen-bond donors (Lipinski definition) is 0. The number of carbonyl (C=O) groups excluding carboxylic acids is 2. The van der Waals surface area contributed by atoms with E-state index in [4.69, 9.17) is 9.47 Å². The largest absolute Gasteiger partial charge is 0.423 e. The Morgan fingerprint density at radius 2 is 0.938 bits per heavy atom. The van der Waals surface area contributed by atoms with E-state index in [9.17, 15) is 9.59 Å². The van der Waals surface area contributed by atoms with Crippen LogP contribution < -0.4 is 9.47 Å². The van der Waals surface area contributed by atoms with Crippen LogP contribution in [0.2, 0.25) is 0 Å². The van der Waals surface area contributed by atoms with Gasteiger partial charge in [0.1, 0.15) is 11.5 Å². The van der Waals surface area contributed by atoms with Gasteiger partial charge in [-0.3, -0.25) is 0 Å². The number of hydrogen-bond acceptors (Lipinski definition) is 4. The van der Waals surface area contributed by atoms with Crippen molar-refractivity contribution in [3.63, 3.8) is 0 Å². The molecule has 0 radical (unpaired) electrons. The van der Waals surface area contributed by atoms with E-state index in [1.807, 2.05) is 36.4 Å². The molecule has 4 nitrogen and oxygen atoms in total. The number of rotatable bonds is 4. The Hall–Kier alpha value is -3.40. The first-order valence-electron chi connectivity index (χ1n) is 10.9. The van der Waals surface area contributed by atoms with Gasteiger partial charge in [0.05, 0.1) is 11.1 Å².